The van der Waals surface area contributed by atoms with Crippen LogP contribution in [0.2, 0.25) is 0 Å². The van der Waals surface area contributed by atoms with E-state index in [0.29, 0.717) is 6.04 Å². The van der Waals surface area contributed by atoms with Crippen LogP contribution in [0.5, 0.6) is 0 Å². The van der Waals surface area contributed by atoms with Crippen molar-refractivity contribution in [3.63, 3.8) is 0 Å². The number of hydrogen-bond donors (Lipinski definition) is 1. The van der Waals surface area contributed by atoms with Crippen LogP contribution < -0.4 is 5.32 Å². The van der Waals surface area contributed by atoms with Gasteiger partial charge in [0.25, 0.3) is 0 Å². The summed E-state index contributed by atoms with van der Waals surface area (Å²) in [6, 6.07) is 13.4. The summed E-state index contributed by atoms with van der Waals surface area (Å²) >= 11 is 0. The Morgan fingerprint density at radius 3 is 2.76 bits per heavy atom. The molecule has 3 nitrogen and oxygen atoms in total. The van der Waals surface area contributed by atoms with Crippen LogP contribution in [0.4, 0.5) is 5.69 Å². The van der Waals surface area contributed by atoms with E-state index in [-0.39, 0.29) is 0 Å². The number of pyridine rings is 1. The van der Waals surface area contributed by atoms with Gasteiger partial charge >= 0.3 is 0 Å². The first-order valence-corrected chi connectivity index (χ1v) is 7.74. The lowest BCUT2D eigenvalue weighted by Crippen LogP contribution is -2.38. The van der Waals surface area contributed by atoms with Gasteiger partial charge in [-0.15, -0.1) is 0 Å². The number of benzene rings is 1. The van der Waals surface area contributed by atoms with Crippen LogP contribution in [0.3, 0.4) is 0 Å². The topological polar surface area (TPSA) is 28.2 Å². The Morgan fingerprint density at radius 2 is 2.05 bits per heavy atom. The van der Waals surface area contributed by atoms with Crippen LogP contribution in [-0.4, -0.2) is 29.0 Å². The van der Waals surface area contributed by atoms with E-state index in [9.17, 15) is 0 Å². The highest BCUT2D eigenvalue weighted by Crippen LogP contribution is 2.18. The van der Waals surface area contributed by atoms with Crippen LogP contribution >= 0.6 is 0 Å². The molecule has 110 valence electrons. The fourth-order valence-corrected chi connectivity index (χ4v) is 2.96. The van der Waals surface area contributed by atoms with Crippen LogP contribution in [-0.2, 0) is 6.54 Å². The minimum Gasteiger partial charge on any atom is -0.382 e. The van der Waals surface area contributed by atoms with Gasteiger partial charge in [0.05, 0.1) is 0 Å². The molecular formula is C18H23N3. The summed E-state index contributed by atoms with van der Waals surface area (Å²) in [5, 5.41) is 3.67. The van der Waals surface area contributed by atoms with Gasteiger partial charge in [0.2, 0.25) is 0 Å². The Morgan fingerprint density at radius 1 is 1.19 bits per heavy atom. The maximum atomic E-state index is 4.19. The van der Waals surface area contributed by atoms with E-state index in [1.807, 2.05) is 18.5 Å². The van der Waals surface area contributed by atoms with E-state index in [0.717, 1.165) is 19.6 Å². The van der Waals surface area contributed by atoms with Crippen molar-refractivity contribution < 1.29 is 0 Å². The largest absolute Gasteiger partial charge is 0.382 e. The Kier molecular flexibility index (Phi) is 4.51. The van der Waals surface area contributed by atoms with Gasteiger partial charge in [-0.2, -0.15) is 0 Å². The zero-order valence-corrected chi connectivity index (χ0v) is 12.6. The number of rotatable bonds is 4. The summed E-state index contributed by atoms with van der Waals surface area (Å²) in [4.78, 5) is 6.71. The molecule has 0 saturated carbocycles. The standard InChI is InChI=1S/C18H23N3/c1-15-4-2-6-18(12-15)20-17-7-10-21(11-8-17)14-16-5-3-9-19-13-16/h2-6,9,12-13,17,20H,7-8,10-11,14H2,1H3. The summed E-state index contributed by atoms with van der Waals surface area (Å²) in [5.74, 6) is 0. The first-order valence-electron chi connectivity index (χ1n) is 7.74. The Labute approximate surface area is 127 Å². The molecule has 0 aliphatic carbocycles. The molecule has 0 bridgehead atoms. The van der Waals surface area contributed by atoms with E-state index in [1.54, 1.807) is 0 Å². The van der Waals surface area contributed by atoms with Crippen molar-refractivity contribution in [3.8, 4) is 0 Å². The summed E-state index contributed by atoms with van der Waals surface area (Å²) in [7, 11) is 0. The second-order valence-corrected chi connectivity index (χ2v) is 5.93. The van der Waals surface area contributed by atoms with Crippen LogP contribution in [0, 0.1) is 6.92 Å². The second kappa shape index (κ2) is 6.72. The van der Waals surface area contributed by atoms with Gasteiger partial charge in [-0.25, -0.2) is 0 Å². The van der Waals surface area contributed by atoms with Gasteiger partial charge in [0, 0.05) is 43.8 Å². The average Bonchev–Trinajstić information content (AvgIpc) is 2.50. The quantitative estimate of drug-likeness (QED) is 0.930. The third-order valence-corrected chi connectivity index (χ3v) is 4.11. The van der Waals surface area contributed by atoms with E-state index in [2.05, 4.69) is 52.5 Å². The molecular weight excluding hydrogens is 258 g/mol. The summed E-state index contributed by atoms with van der Waals surface area (Å²) in [5.41, 5.74) is 3.87. The Hall–Kier alpha value is -1.87. The first kappa shape index (κ1) is 14.1. The first-order chi connectivity index (χ1) is 10.3. The summed E-state index contributed by atoms with van der Waals surface area (Å²) in [6.07, 6.45) is 6.21. The number of aromatic nitrogens is 1. The van der Waals surface area contributed by atoms with E-state index in [4.69, 9.17) is 0 Å². The van der Waals surface area contributed by atoms with Crippen molar-refractivity contribution in [2.75, 3.05) is 18.4 Å². The van der Waals surface area contributed by atoms with Gasteiger partial charge in [-0.3, -0.25) is 9.88 Å². The molecule has 2 heterocycles. The van der Waals surface area contributed by atoms with Crippen LogP contribution in [0.1, 0.15) is 24.0 Å². The number of nitrogens with zero attached hydrogens (tertiary/aromatic N) is 2. The number of nitrogens with one attached hydrogen (secondary N) is 1. The van der Waals surface area contributed by atoms with Gasteiger partial charge < -0.3 is 5.32 Å². The maximum absolute atomic E-state index is 4.19. The third-order valence-electron chi connectivity index (χ3n) is 4.11. The van der Waals surface area contributed by atoms with Crippen LogP contribution in [0.15, 0.2) is 48.8 Å². The molecule has 0 amide bonds. The molecule has 0 atom stereocenters. The number of hydrogen-bond acceptors (Lipinski definition) is 3. The minimum atomic E-state index is 0.594. The fourth-order valence-electron chi connectivity index (χ4n) is 2.96. The summed E-state index contributed by atoms with van der Waals surface area (Å²) < 4.78 is 0. The van der Waals surface area contributed by atoms with Crippen LogP contribution in [0.25, 0.3) is 0 Å². The number of aryl methyl sites for hydroxylation is 1. The molecule has 1 aliphatic heterocycles. The molecule has 1 fully saturated rings. The lowest BCUT2D eigenvalue weighted by Gasteiger charge is -2.32. The highest BCUT2D eigenvalue weighted by molar-refractivity contribution is 5.46. The zero-order valence-electron chi connectivity index (χ0n) is 12.6. The molecule has 1 aromatic heterocycles. The van der Waals surface area contributed by atoms with Gasteiger partial charge in [0.1, 0.15) is 0 Å². The van der Waals surface area contributed by atoms with Crippen molar-refractivity contribution in [2.24, 2.45) is 0 Å². The third kappa shape index (κ3) is 4.05. The smallest absolute Gasteiger partial charge is 0.0344 e. The molecule has 1 saturated heterocycles. The molecule has 3 rings (SSSR count). The molecule has 0 spiro atoms. The van der Waals surface area contributed by atoms with Crippen molar-refractivity contribution >= 4 is 5.69 Å². The number of likely N-dealkylation sites (tertiary alicyclic amines) is 1. The molecule has 1 aliphatic rings. The molecule has 2 aromatic rings. The monoisotopic (exact) mass is 281 g/mol. The molecule has 0 radical (unpaired) electrons. The highest BCUT2D eigenvalue weighted by Gasteiger charge is 2.19. The summed E-state index contributed by atoms with van der Waals surface area (Å²) in [6.45, 7) is 5.46. The molecule has 0 unspecified atom stereocenters. The number of piperidine rings is 1. The fraction of sp³-hybridized carbons (Fsp3) is 0.389. The van der Waals surface area contributed by atoms with Crippen molar-refractivity contribution in [2.45, 2.75) is 32.4 Å². The van der Waals surface area contributed by atoms with Crippen molar-refractivity contribution in [3.05, 3.63) is 59.9 Å². The van der Waals surface area contributed by atoms with Gasteiger partial charge in [-0.05, 0) is 49.1 Å². The lowest BCUT2D eigenvalue weighted by atomic mass is 10.0. The molecule has 1 N–H and O–H groups in total. The minimum absolute atomic E-state index is 0.594. The van der Waals surface area contributed by atoms with E-state index >= 15 is 0 Å². The molecule has 3 heteroatoms. The van der Waals surface area contributed by atoms with E-state index in [1.165, 1.54) is 29.7 Å². The van der Waals surface area contributed by atoms with Crippen molar-refractivity contribution in [1.82, 2.24) is 9.88 Å². The normalized spacial score (nSPS) is 16.8. The Bertz CT molecular complexity index is 560. The van der Waals surface area contributed by atoms with Gasteiger partial charge in [0.15, 0.2) is 0 Å². The van der Waals surface area contributed by atoms with Crippen molar-refractivity contribution in [1.29, 1.82) is 0 Å². The Balaban J connectivity index is 1.49. The maximum Gasteiger partial charge on any atom is 0.0344 e. The second-order valence-electron chi connectivity index (χ2n) is 5.93. The highest BCUT2D eigenvalue weighted by atomic mass is 15.1. The lowest BCUT2D eigenvalue weighted by molar-refractivity contribution is 0.211. The average molecular weight is 281 g/mol. The predicted octanol–water partition coefficient (Wildman–Crippen LogP) is 3.47. The zero-order chi connectivity index (χ0) is 14.5. The number of anilines is 1. The van der Waals surface area contributed by atoms with Gasteiger partial charge in [-0.1, -0.05) is 18.2 Å². The molecule has 21 heavy (non-hydrogen) atoms. The van der Waals surface area contributed by atoms with E-state index < -0.39 is 0 Å². The SMILES string of the molecule is Cc1cccc(NC2CCN(Cc3cccnc3)CC2)c1. The molecule has 1 aromatic carbocycles. The predicted molar refractivity (Wildman–Crippen MR) is 87.3 cm³/mol.